The van der Waals surface area contributed by atoms with Gasteiger partial charge < -0.3 is 0 Å². The molecule has 33 heavy (non-hydrogen) atoms. The normalized spacial score (nSPS) is 22.8. The van der Waals surface area contributed by atoms with Gasteiger partial charge in [-0.15, -0.1) is 6.58 Å². The number of halogens is 2. The van der Waals surface area contributed by atoms with E-state index in [1.165, 1.54) is 0 Å². The lowest BCUT2D eigenvalue weighted by atomic mass is 9.74. The van der Waals surface area contributed by atoms with Crippen LogP contribution in [0.2, 0.25) is 10.0 Å². The third-order valence-corrected chi connectivity index (χ3v) is 7.02. The minimum absolute atomic E-state index is 0.120. The van der Waals surface area contributed by atoms with Gasteiger partial charge in [0.05, 0.1) is 18.2 Å². The van der Waals surface area contributed by atoms with E-state index in [-0.39, 0.29) is 12.2 Å². The van der Waals surface area contributed by atoms with Crippen molar-refractivity contribution in [1.82, 2.24) is 4.90 Å². The van der Waals surface area contributed by atoms with Gasteiger partial charge in [-0.3, -0.25) is 9.69 Å². The number of carbonyl (C=O) groups excluding carboxylic acids is 1. The molecule has 0 unspecified atom stereocenters. The summed E-state index contributed by atoms with van der Waals surface area (Å²) < 4.78 is 0. The predicted molar refractivity (Wildman–Crippen MR) is 133 cm³/mol. The second-order valence-corrected chi connectivity index (χ2v) is 9.16. The summed E-state index contributed by atoms with van der Waals surface area (Å²) in [6.45, 7) is 4.34. The monoisotopic (exact) mass is 474 g/mol. The molecular formula is C28H24Cl2N2O. The van der Waals surface area contributed by atoms with Crippen LogP contribution >= 0.6 is 23.2 Å². The standard InChI is InChI=1S/C28H24Cl2N2O/c1-2-16-28(19-31)26(25-22(29)14-9-15-23(25)30)32(18-21-12-7-4-8-13-21)24(27(28)33)17-20-10-5-3-6-11-20/h2-15,24,26H,1,16-18H2/t24-,26+,28-/m0/s1. The van der Waals surface area contributed by atoms with Crippen molar-refractivity contribution in [2.75, 3.05) is 0 Å². The predicted octanol–water partition coefficient (Wildman–Crippen LogP) is 6.82. The average Bonchev–Trinajstić information content (AvgIpc) is 3.03. The molecule has 0 aliphatic carbocycles. The number of benzene rings is 3. The van der Waals surface area contributed by atoms with Crippen LogP contribution in [0.5, 0.6) is 0 Å². The van der Waals surface area contributed by atoms with Gasteiger partial charge in [0.1, 0.15) is 5.41 Å². The minimum atomic E-state index is -1.34. The van der Waals surface area contributed by atoms with Crippen molar-refractivity contribution in [2.24, 2.45) is 5.41 Å². The molecule has 0 amide bonds. The zero-order valence-electron chi connectivity index (χ0n) is 18.1. The van der Waals surface area contributed by atoms with Gasteiger partial charge in [0, 0.05) is 22.2 Å². The fourth-order valence-electron chi connectivity index (χ4n) is 4.87. The third-order valence-electron chi connectivity index (χ3n) is 6.36. The van der Waals surface area contributed by atoms with Crippen LogP contribution in [-0.2, 0) is 17.8 Å². The van der Waals surface area contributed by atoms with E-state index in [0.717, 1.165) is 11.1 Å². The van der Waals surface area contributed by atoms with Crippen LogP contribution in [0.25, 0.3) is 0 Å². The maximum absolute atomic E-state index is 14.1. The van der Waals surface area contributed by atoms with E-state index < -0.39 is 17.5 Å². The summed E-state index contributed by atoms with van der Waals surface area (Å²) in [5.74, 6) is -0.120. The Kier molecular flexibility index (Phi) is 7.00. The number of ketones is 1. The van der Waals surface area contributed by atoms with E-state index in [1.54, 1.807) is 24.3 Å². The van der Waals surface area contributed by atoms with E-state index in [4.69, 9.17) is 23.2 Å². The van der Waals surface area contributed by atoms with Crippen LogP contribution in [0.15, 0.2) is 91.5 Å². The summed E-state index contributed by atoms with van der Waals surface area (Å²) in [4.78, 5) is 16.2. The Morgan fingerprint density at radius 3 is 2.06 bits per heavy atom. The Hall–Kier alpha value is -2.90. The van der Waals surface area contributed by atoms with Gasteiger partial charge in [0.25, 0.3) is 0 Å². The third kappa shape index (κ3) is 4.35. The highest BCUT2D eigenvalue weighted by Crippen LogP contribution is 2.54. The minimum Gasteiger partial charge on any atom is -0.296 e. The lowest BCUT2D eigenvalue weighted by Crippen LogP contribution is -2.36. The summed E-state index contributed by atoms with van der Waals surface area (Å²) in [5.41, 5.74) is 1.35. The number of allylic oxidation sites excluding steroid dienone is 1. The molecule has 0 radical (unpaired) electrons. The first-order valence-corrected chi connectivity index (χ1v) is 11.6. The topological polar surface area (TPSA) is 44.1 Å². The summed E-state index contributed by atoms with van der Waals surface area (Å²) in [6.07, 6.45) is 2.35. The van der Waals surface area contributed by atoms with E-state index in [9.17, 15) is 10.1 Å². The number of carbonyl (C=O) groups is 1. The number of rotatable bonds is 7. The number of Topliss-reactive ketones (excluding diaryl/α,β-unsaturated/α-hetero) is 1. The molecule has 3 aromatic carbocycles. The van der Waals surface area contributed by atoms with Crippen LogP contribution in [0.4, 0.5) is 0 Å². The number of likely N-dealkylation sites (tertiary alicyclic amines) is 1. The molecule has 1 fully saturated rings. The second kappa shape index (κ2) is 9.93. The average molecular weight is 475 g/mol. The van der Waals surface area contributed by atoms with Crippen LogP contribution in [0.3, 0.4) is 0 Å². The highest BCUT2D eigenvalue weighted by Gasteiger charge is 2.60. The van der Waals surface area contributed by atoms with Crippen LogP contribution in [-0.4, -0.2) is 16.7 Å². The SMILES string of the molecule is C=CC[C@@]1(C#N)C(=O)[C@H](Cc2ccccc2)N(Cc2ccccc2)[C@@H]1c1c(Cl)cccc1Cl. The smallest absolute Gasteiger partial charge is 0.172 e. The van der Waals surface area contributed by atoms with Crippen molar-refractivity contribution in [3.8, 4) is 6.07 Å². The number of nitrogens with zero attached hydrogens (tertiary/aromatic N) is 2. The van der Waals surface area contributed by atoms with Crippen LogP contribution < -0.4 is 0 Å². The molecule has 1 heterocycles. The molecule has 1 aliphatic heterocycles. The van der Waals surface area contributed by atoms with Crippen molar-refractivity contribution in [2.45, 2.75) is 31.5 Å². The van der Waals surface area contributed by atoms with Crippen LogP contribution in [0, 0.1) is 16.7 Å². The highest BCUT2D eigenvalue weighted by atomic mass is 35.5. The summed E-state index contributed by atoms with van der Waals surface area (Å²) in [7, 11) is 0. The van der Waals surface area contributed by atoms with Gasteiger partial charge >= 0.3 is 0 Å². The van der Waals surface area contributed by atoms with Crippen molar-refractivity contribution in [1.29, 1.82) is 5.26 Å². The highest BCUT2D eigenvalue weighted by molar-refractivity contribution is 6.36. The van der Waals surface area contributed by atoms with Crippen molar-refractivity contribution < 1.29 is 4.79 Å². The van der Waals surface area contributed by atoms with E-state index >= 15 is 0 Å². The maximum atomic E-state index is 14.1. The molecule has 5 heteroatoms. The van der Waals surface area contributed by atoms with Crippen molar-refractivity contribution in [3.63, 3.8) is 0 Å². The van der Waals surface area contributed by atoms with Gasteiger partial charge in [0.2, 0.25) is 0 Å². The molecule has 3 aromatic rings. The molecule has 0 saturated carbocycles. The molecular weight excluding hydrogens is 451 g/mol. The zero-order valence-corrected chi connectivity index (χ0v) is 19.6. The second-order valence-electron chi connectivity index (χ2n) is 8.34. The molecule has 0 aromatic heterocycles. The quantitative estimate of drug-likeness (QED) is 0.353. The number of hydrogen-bond acceptors (Lipinski definition) is 3. The van der Waals surface area contributed by atoms with Crippen LogP contribution in [0.1, 0.15) is 29.2 Å². The maximum Gasteiger partial charge on any atom is 0.172 e. The summed E-state index contributed by atoms with van der Waals surface area (Å²) in [5, 5.41) is 11.4. The van der Waals surface area contributed by atoms with Gasteiger partial charge in [-0.2, -0.15) is 5.26 Å². The zero-order chi connectivity index (χ0) is 23.4. The number of nitriles is 1. The molecule has 3 atom stereocenters. The van der Waals surface area contributed by atoms with Gasteiger partial charge in [-0.05, 0) is 36.1 Å². The fraction of sp³-hybridized carbons (Fsp3) is 0.214. The molecule has 0 N–H and O–H groups in total. The Labute approximate surface area is 204 Å². The summed E-state index contributed by atoms with van der Waals surface area (Å²) >= 11 is 13.3. The van der Waals surface area contributed by atoms with E-state index in [2.05, 4.69) is 17.5 Å². The summed E-state index contributed by atoms with van der Waals surface area (Å²) in [6, 6.07) is 26.4. The van der Waals surface area contributed by atoms with Gasteiger partial charge in [-0.25, -0.2) is 0 Å². The molecule has 3 nitrogen and oxygen atoms in total. The lowest BCUT2D eigenvalue weighted by Gasteiger charge is -2.34. The van der Waals surface area contributed by atoms with E-state index in [1.807, 2.05) is 60.7 Å². The Morgan fingerprint density at radius 1 is 0.939 bits per heavy atom. The Balaban J connectivity index is 1.92. The Morgan fingerprint density at radius 2 is 1.52 bits per heavy atom. The Bertz CT molecular complexity index is 1170. The largest absolute Gasteiger partial charge is 0.296 e. The van der Waals surface area contributed by atoms with Crippen molar-refractivity contribution >= 4 is 29.0 Å². The molecule has 4 rings (SSSR count). The molecule has 166 valence electrons. The van der Waals surface area contributed by atoms with E-state index in [0.29, 0.717) is 28.6 Å². The first kappa shape index (κ1) is 23.3. The van der Waals surface area contributed by atoms with Gasteiger partial charge in [-0.1, -0.05) is 96.0 Å². The van der Waals surface area contributed by atoms with Gasteiger partial charge in [0.15, 0.2) is 5.78 Å². The van der Waals surface area contributed by atoms with Crippen molar-refractivity contribution in [3.05, 3.63) is 118 Å². The number of hydrogen-bond donors (Lipinski definition) is 0. The first-order valence-electron chi connectivity index (χ1n) is 10.9. The molecule has 0 spiro atoms. The first-order chi connectivity index (χ1) is 16.0. The molecule has 0 bridgehead atoms. The molecule has 1 saturated heterocycles. The fourth-order valence-corrected chi connectivity index (χ4v) is 5.48. The molecule has 1 aliphatic rings. The lowest BCUT2D eigenvalue weighted by molar-refractivity contribution is -0.125.